The summed E-state index contributed by atoms with van der Waals surface area (Å²) in [5.41, 5.74) is 6.24. The van der Waals surface area contributed by atoms with Crippen LogP contribution < -0.4 is 16.2 Å². The van der Waals surface area contributed by atoms with E-state index in [2.05, 4.69) is 32.1 Å². The maximum absolute atomic E-state index is 12.3. The van der Waals surface area contributed by atoms with Gasteiger partial charge < -0.3 is 5.32 Å². The quantitative estimate of drug-likeness (QED) is 0.622. The minimum Gasteiger partial charge on any atom is -0.326 e. The number of nitrogens with one attached hydrogen (secondary N) is 3. The van der Waals surface area contributed by atoms with Crippen LogP contribution in [0.1, 0.15) is 52.8 Å². The van der Waals surface area contributed by atoms with E-state index in [1.54, 1.807) is 42.5 Å². The average Bonchev–Trinajstić information content (AvgIpc) is 2.73. The summed E-state index contributed by atoms with van der Waals surface area (Å²) >= 11 is 3.30. The molecule has 1 saturated carbocycles. The molecule has 7 heteroatoms. The number of hydrogen-bond acceptors (Lipinski definition) is 3. The Kier molecular flexibility index (Phi) is 6.81. The van der Waals surface area contributed by atoms with Crippen molar-refractivity contribution in [3.05, 3.63) is 64.1 Å². The third kappa shape index (κ3) is 5.42. The Bertz CT molecular complexity index is 861. The minimum absolute atomic E-state index is 0.0400. The van der Waals surface area contributed by atoms with Crippen LogP contribution in [0, 0.1) is 5.92 Å². The summed E-state index contributed by atoms with van der Waals surface area (Å²) in [6.45, 7) is 0. The van der Waals surface area contributed by atoms with Crippen molar-refractivity contribution in [3.8, 4) is 0 Å². The molecule has 0 unspecified atom stereocenters. The molecule has 2 aromatic carbocycles. The number of anilines is 1. The highest BCUT2D eigenvalue weighted by molar-refractivity contribution is 9.10. The molecule has 0 bridgehead atoms. The molecule has 2 aromatic rings. The first-order valence-corrected chi connectivity index (χ1v) is 10.1. The molecule has 3 N–H and O–H groups in total. The monoisotopic (exact) mass is 443 g/mol. The molecule has 1 aliphatic rings. The Morgan fingerprint density at radius 1 is 0.821 bits per heavy atom. The first-order valence-electron chi connectivity index (χ1n) is 9.30. The van der Waals surface area contributed by atoms with E-state index in [0.29, 0.717) is 16.8 Å². The molecule has 1 fully saturated rings. The predicted molar refractivity (Wildman–Crippen MR) is 111 cm³/mol. The number of hydrogen-bond donors (Lipinski definition) is 3. The highest BCUT2D eigenvalue weighted by Crippen LogP contribution is 2.25. The molecular weight excluding hydrogens is 422 g/mol. The molecule has 0 radical (unpaired) electrons. The van der Waals surface area contributed by atoms with Gasteiger partial charge in [0.2, 0.25) is 5.91 Å². The van der Waals surface area contributed by atoms with Crippen LogP contribution in [0.25, 0.3) is 0 Å². The number of halogens is 1. The smallest absolute Gasteiger partial charge is 0.269 e. The third-order valence-electron chi connectivity index (χ3n) is 4.77. The van der Waals surface area contributed by atoms with Gasteiger partial charge in [-0.2, -0.15) is 0 Å². The molecule has 146 valence electrons. The molecule has 0 saturated heterocycles. The highest BCUT2D eigenvalue weighted by atomic mass is 79.9. The van der Waals surface area contributed by atoms with Gasteiger partial charge in [0.25, 0.3) is 11.8 Å². The molecular formula is C21H22BrN3O3. The van der Waals surface area contributed by atoms with Crippen molar-refractivity contribution >= 4 is 39.3 Å². The lowest BCUT2D eigenvalue weighted by Gasteiger charge is -2.20. The van der Waals surface area contributed by atoms with Crippen LogP contribution in [0.5, 0.6) is 0 Å². The number of hydrazine groups is 1. The van der Waals surface area contributed by atoms with Gasteiger partial charge in [-0.25, -0.2) is 0 Å². The predicted octanol–water partition coefficient (Wildman–Crippen LogP) is 4.04. The third-order valence-corrected chi connectivity index (χ3v) is 5.26. The van der Waals surface area contributed by atoms with Gasteiger partial charge in [-0.05, 0) is 55.3 Å². The molecule has 0 heterocycles. The lowest BCUT2D eigenvalue weighted by atomic mass is 9.88. The van der Waals surface area contributed by atoms with Crippen molar-refractivity contribution in [1.82, 2.24) is 10.9 Å². The molecule has 0 aliphatic heterocycles. The number of carbonyl (C=O) groups is 3. The van der Waals surface area contributed by atoms with E-state index in [9.17, 15) is 14.4 Å². The summed E-state index contributed by atoms with van der Waals surface area (Å²) in [5.74, 6) is -0.734. The number of rotatable bonds is 4. The van der Waals surface area contributed by atoms with E-state index in [1.165, 1.54) is 6.42 Å². The van der Waals surface area contributed by atoms with Crippen molar-refractivity contribution in [2.24, 2.45) is 5.92 Å². The van der Waals surface area contributed by atoms with Crippen molar-refractivity contribution in [1.29, 1.82) is 0 Å². The van der Waals surface area contributed by atoms with Crippen molar-refractivity contribution < 1.29 is 14.4 Å². The Hall–Kier alpha value is -2.67. The first-order chi connectivity index (χ1) is 13.5. The Labute approximate surface area is 172 Å². The zero-order valence-corrected chi connectivity index (χ0v) is 16.9. The number of benzene rings is 2. The van der Waals surface area contributed by atoms with E-state index in [0.717, 1.165) is 30.2 Å². The van der Waals surface area contributed by atoms with E-state index in [4.69, 9.17) is 0 Å². The van der Waals surface area contributed by atoms with Gasteiger partial charge in [0, 0.05) is 27.2 Å². The van der Waals surface area contributed by atoms with Crippen LogP contribution in [0.15, 0.2) is 53.0 Å². The lowest BCUT2D eigenvalue weighted by molar-refractivity contribution is -0.120. The van der Waals surface area contributed by atoms with Crippen LogP contribution in [0.3, 0.4) is 0 Å². The summed E-state index contributed by atoms with van der Waals surface area (Å²) < 4.78 is 0.775. The summed E-state index contributed by atoms with van der Waals surface area (Å²) in [4.78, 5) is 36.6. The minimum atomic E-state index is -0.437. The van der Waals surface area contributed by atoms with Crippen LogP contribution >= 0.6 is 15.9 Å². The fourth-order valence-electron chi connectivity index (χ4n) is 3.20. The average molecular weight is 444 g/mol. The Morgan fingerprint density at radius 2 is 1.46 bits per heavy atom. The van der Waals surface area contributed by atoms with Gasteiger partial charge >= 0.3 is 0 Å². The van der Waals surface area contributed by atoms with Gasteiger partial charge in [0.15, 0.2) is 0 Å². The molecule has 6 nitrogen and oxygen atoms in total. The molecule has 0 aromatic heterocycles. The lowest BCUT2D eigenvalue weighted by Crippen LogP contribution is -2.41. The second-order valence-electron chi connectivity index (χ2n) is 6.82. The van der Waals surface area contributed by atoms with Gasteiger partial charge in [0.1, 0.15) is 0 Å². The van der Waals surface area contributed by atoms with Crippen molar-refractivity contribution in [3.63, 3.8) is 0 Å². The zero-order chi connectivity index (χ0) is 19.9. The second kappa shape index (κ2) is 9.50. The molecule has 3 amide bonds. The Morgan fingerprint density at radius 3 is 2.11 bits per heavy atom. The standard InChI is InChI=1S/C21H22BrN3O3/c22-17-8-4-7-16(13-17)21(28)25-24-20(27)15-9-11-18(12-10-15)23-19(26)14-5-2-1-3-6-14/h4,7-14H,1-3,5-6H2,(H,23,26)(H,24,27)(H,25,28). The second-order valence-corrected chi connectivity index (χ2v) is 7.74. The molecule has 1 aliphatic carbocycles. The molecule has 28 heavy (non-hydrogen) atoms. The van der Waals surface area contributed by atoms with E-state index in [-0.39, 0.29) is 11.8 Å². The normalized spacial score (nSPS) is 14.2. The molecule has 0 spiro atoms. The maximum Gasteiger partial charge on any atom is 0.269 e. The van der Waals surface area contributed by atoms with Gasteiger partial charge in [-0.3, -0.25) is 25.2 Å². The summed E-state index contributed by atoms with van der Waals surface area (Å²) in [5, 5.41) is 2.91. The van der Waals surface area contributed by atoms with Crippen molar-refractivity contribution in [2.75, 3.05) is 5.32 Å². The summed E-state index contributed by atoms with van der Waals surface area (Å²) in [7, 11) is 0. The first kappa shape index (κ1) is 20.1. The van der Waals surface area contributed by atoms with Gasteiger partial charge in [-0.15, -0.1) is 0 Å². The van der Waals surface area contributed by atoms with Crippen LogP contribution in [-0.4, -0.2) is 17.7 Å². The van der Waals surface area contributed by atoms with Gasteiger partial charge in [-0.1, -0.05) is 41.3 Å². The van der Waals surface area contributed by atoms with Crippen LogP contribution in [-0.2, 0) is 4.79 Å². The molecule has 3 rings (SSSR count). The fraction of sp³-hybridized carbons (Fsp3) is 0.286. The van der Waals surface area contributed by atoms with Crippen LogP contribution in [0.4, 0.5) is 5.69 Å². The summed E-state index contributed by atoms with van der Waals surface area (Å²) in [6, 6.07) is 13.4. The van der Waals surface area contributed by atoms with Crippen molar-refractivity contribution in [2.45, 2.75) is 32.1 Å². The largest absolute Gasteiger partial charge is 0.326 e. The SMILES string of the molecule is O=C(NNC(=O)c1cccc(Br)c1)c1ccc(NC(=O)C2CCCCC2)cc1. The summed E-state index contributed by atoms with van der Waals surface area (Å²) in [6.07, 6.45) is 5.27. The number of carbonyl (C=O) groups excluding carboxylic acids is 3. The van der Waals surface area contributed by atoms with E-state index >= 15 is 0 Å². The van der Waals surface area contributed by atoms with E-state index in [1.807, 2.05) is 6.07 Å². The Balaban J connectivity index is 1.51. The van der Waals surface area contributed by atoms with Gasteiger partial charge in [0.05, 0.1) is 0 Å². The van der Waals surface area contributed by atoms with E-state index < -0.39 is 11.8 Å². The zero-order valence-electron chi connectivity index (χ0n) is 15.3. The topological polar surface area (TPSA) is 87.3 Å². The fourth-order valence-corrected chi connectivity index (χ4v) is 3.60. The molecule has 0 atom stereocenters. The van der Waals surface area contributed by atoms with Crippen LogP contribution in [0.2, 0.25) is 0 Å². The number of amides is 3. The maximum atomic E-state index is 12.3. The highest BCUT2D eigenvalue weighted by Gasteiger charge is 2.21.